The lowest BCUT2D eigenvalue weighted by Gasteiger charge is -2.10. The number of anilines is 1. The fraction of sp³-hybridized carbons (Fsp3) is 0.133. The van der Waals surface area contributed by atoms with Crippen LogP contribution in [0.5, 0.6) is 0 Å². The molecule has 0 radical (unpaired) electrons. The van der Waals surface area contributed by atoms with Crippen molar-refractivity contribution in [3.05, 3.63) is 54.2 Å². The standard InChI is InChI=1S/C15H15N3O5S/c1-23-15(20)11-6-2-3-7-12(11)24(21,22)17-10-14(19)18-13-8-4-5-9-16-13/h2-9,17H,10H2,1H3,(H,16,18,19). The summed E-state index contributed by atoms with van der Waals surface area (Å²) in [5.74, 6) is -1.07. The van der Waals surface area contributed by atoms with Gasteiger partial charge in [-0.2, -0.15) is 0 Å². The minimum Gasteiger partial charge on any atom is -0.465 e. The third kappa shape index (κ3) is 4.37. The highest BCUT2D eigenvalue weighted by molar-refractivity contribution is 7.89. The fourth-order valence-corrected chi connectivity index (χ4v) is 3.02. The Morgan fingerprint density at radius 3 is 2.50 bits per heavy atom. The van der Waals surface area contributed by atoms with Crippen LogP contribution in [-0.2, 0) is 19.6 Å². The van der Waals surface area contributed by atoms with E-state index in [1.54, 1.807) is 18.2 Å². The molecule has 1 amide bonds. The molecule has 9 heteroatoms. The van der Waals surface area contributed by atoms with Crippen LogP contribution in [0.25, 0.3) is 0 Å². The first-order valence-corrected chi connectivity index (χ1v) is 8.30. The van der Waals surface area contributed by atoms with E-state index in [9.17, 15) is 18.0 Å². The van der Waals surface area contributed by atoms with Gasteiger partial charge in [-0.3, -0.25) is 4.79 Å². The van der Waals surface area contributed by atoms with Crippen LogP contribution in [0.3, 0.4) is 0 Å². The van der Waals surface area contributed by atoms with Crippen LogP contribution in [0.2, 0.25) is 0 Å². The van der Waals surface area contributed by atoms with Crippen LogP contribution in [0.1, 0.15) is 10.4 Å². The summed E-state index contributed by atoms with van der Waals surface area (Å²) in [5.41, 5.74) is -0.113. The van der Waals surface area contributed by atoms with Gasteiger partial charge in [0.15, 0.2) is 0 Å². The summed E-state index contributed by atoms with van der Waals surface area (Å²) in [4.78, 5) is 27.1. The number of nitrogens with zero attached hydrogens (tertiary/aromatic N) is 1. The molecule has 0 aliphatic rings. The van der Waals surface area contributed by atoms with Crippen LogP contribution in [-0.4, -0.2) is 38.9 Å². The minimum absolute atomic E-state index is 0.113. The Hall–Kier alpha value is -2.78. The van der Waals surface area contributed by atoms with Gasteiger partial charge in [0.05, 0.1) is 24.1 Å². The number of sulfonamides is 1. The van der Waals surface area contributed by atoms with E-state index >= 15 is 0 Å². The van der Waals surface area contributed by atoms with Crippen molar-refractivity contribution < 1.29 is 22.7 Å². The average molecular weight is 349 g/mol. The predicted molar refractivity (Wildman–Crippen MR) is 85.8 cm³/mol. The van der Waals surface area contributed by atoms with Gasteiger partial charge in [-0.15, -0.1) is 0 Å². The second kappa shape index (κ2) is 7.66. The Kier molecular flexibility index (Phi) is 5.61. The van der Waals surface area contributed by atoms with Crippen molar-refractivity contribution in [2.45, 2.75) is 4.90 Å². The molecule has 2 rings (SSSR count). The lowest BCUT2D eigenvalue weighted by Crippen LogP contribution is -2.33. The van der Waals surface area contributed by atoms with Gasteiger partial charge >= 0.3 is 5.97 Å². The maximum absolute atomic E-state index is 12.3. The maximum atomic E-state index is 12.3. The molecule has 0 aliphatic heterocycles. The van der Waals surface area contributed by atoms with Crippen molar-refractivity contribution in [2.75, 3.05) is 19.0 Å². The van der Waals surface area contributed by atoms with Gasteiger partial charge < -0.3 is 10.1 Å². The number of pyridine rings is 1. The number of hydrogen-bond acceptors (Lipinski definition) is 6. The molecule has 0 unspecified atom stereocenters. The number of ether oxygens (including phenoxy) is 1. The van der Waals surface area contributed by atoms with Gasteiger partial charge in [-0.05, 0) is 24.3 Å². The zero-order valence-electron chi connectivity index (χ0n) is 12.7. The molecule has 0 bridgehead atoms. The SMILES string of the molecule is COC(=O)c1ccccc1S(=O)(=O)NCC(=O)Nc1ccccn1. The number of carbonyl (C=O) groups is 2. The van der Waals surface area contributed by atoms with E-state index in [4.69, 9.17) is 0 Å². The summed E-state index contributed by atoms with van der Waals surface area (Å²) in [6.45, 7) is -0.506. The van der Waals surface area contributed by atoms with E-state index in [1.807, 2.05) is 0 Å². The first kappa shape index (κ1) is 17.6. The lowest BCUT2D eigenvalue weighted by atomic mass is 10.2. The molecular weight excluding hydrogens is 334 g/mol. The molecule has 0 fully saturated rings. The van der Waals surface area contributed by atoms with Gasteiger partial charge in [0.25, 0.3) is 0 Å². The molecule has 24 heavy (non-hydrogen) atoms. The molecule has 0 saturated heterocycles. The first-order chi connectivity index (χ1) is 11.4. The Balaban J connectivity index is 2.09. The number of amides is 1. The third-order valence-corrected chi connectivity index (χ3v) is 4.40. The van der Waals surface area contributed by atoms with Gasteiger partial charge in [0.2, 0.25) is 15.9 Å². The zero-order valence-corrected chi connectivity index (χ0v) is 13.5. The third-order valence-electron chi connectivity index (χ3n) is 2.94. The minimum atomic E-state index is -4.07. The van der Waals surface area contributed by atoms with Crippen molar-refractivity contribution in [1.82, 2.24) is 9.71 Å². The van der Waals surface area contributed by atoms with Crippen molar-refractivity contribution in [3.63, 3.8) is 0 Å². The summed E-state index contributed by atoms with van der Waals surface area (Å²) in [7, 11) is -2.91. The van der Waals surface area contributed by atoms with Crippen LogP contribution in [0, 0.1) is 0 Å². The first-order valence-electron chi connectivity index (χ1n) is 6.82. The maximum Gasteiger partial charge on any atom is 0.339 e. The number of hydrogen-bond donors (Lipinski definition) is 2. The fourth-order valence-electron chi connectivity index (χ4n) is 1.84. The molecule has 0 atom stereocenters. The summed E-state index contributed by atoms with van der Waals surface area (Å²) in [5, 5.41) is 2.45. The molecule has 2 aromatic rings. The summed E-state index contributed by atoms with van der Waals surface area (Å²) in [6, 6.07) is 10.5. The second-order valence-electron chi connectivity index (χ2n) is 4.58. The largest absolute Gasteiger partial charge is 0.465 e. The normalized spacial score (nSPS) is 10.9. The highest BCUT2D eigenvalue weighted by atomic mass is 32.2. The Labute approximate surface area is 138 Å². The number of nitrogens with one attached hydrogen (secondary N) is 2. The van der Waals surface area contributed by atoms with Crippen molar-refractivity contribution in [3.8, 4) is 0 Å². The zero-order chi connectivity index (χ0) is 17.6. The number of aromatic nitrogens is 1. The molecule has 2 N–H and O–H groups in total. The van der Waals surface area contributed by atoms with E-state index in [-0.39, 0.29) is 10.5 Å². The van der Waals surface area contributed by atoms with E-state index in [1.165, 1.54) is 30.5 Å². The molecule has 1 heterocycles. The number of carbonyl (C=O) groups excluding carboxylic acids is 2. The molecule has 8 nitrogen and oxygen atoms in total. The van der Waals surface area contributed by atoms with E-state index in [0.717, 1.165) is 7.11 Å². The van der Waals surface area contributed by atoms with Crippen molar-refractivity contribution in [1.29, 1.82) is 0 Å². The van der Waals surface area contributed by atoms with Gasteiger partial charge in [0, 0.05) is 6.20 Å². The molecule has 0 saturated carbocycles. The van der Waals surface area contributed by atoms with E-state index < -0.39 is 28.4 Å². The Bertz CT molecular complexity index is 837. The summed E-state index contributed by atoms with van der Waals surface area (Å²) >= 11 is 0. The number of esters is 1. The topological polar surface area (TPSA) is 114 Å². The van der Waals surface area contributed by atoms with Gasteiger partial charge in [-0.1, -0.05) is 18.2 Å². The Morgan fingerprint density at radius 2 is 1.83 bits per heavy atom. The molecular formula is C15H15N3O5S. The molecule has 1 aromatic heterocycles. The average Bonchev–Trinajstić information content (AvgIpc) is 2.60. The highest BCUT2D eigenvalue weighted by Gasteiger charge is 2.23. The Morgan fingerprint density at radius 1 is 1.12 bits per heavy atom. The van der Waals surface area contributed by atoms with Crippen molar-refractivity contribution >= 4 is 27.7 Å². The van der Waals surface area contributed by atoms with Crippen LogP contribution < -0.4 is 10.0 Å². The van der Waals surface area contributed by atoms with E-state index in [2.05, 4.69) is 19.8 Å². The second-order valence-corrected chi connectivity index (χ2v) is 6.31. The smallest absolute Gasteiger partial charge is 0.339 e. The predicted octanol–water partition coefficient (Wildman–Crippen LogP) is 0.785. The van der Waals surface area contributed by atoms with E-state index in [0.29, 0.717) is 5.82 Å². The van der Waals surface area contributed by atoms with Crippen LogP contribution in [0.4, 0.5) is 5.82 Å². The molecule has 126 valence electrons. The quantitative estimate of drug-likeness (QED) is 0.745. The van der Waals surface area contributed by atoms with Crippen LogP contribution in [0.15, 0.2) is 53.6 Å². The summed E-state index contributed by atoms with van der Waals surface area (Å²) in [6.07, 6.45) is 1.49. The van der Waals surface area contributed by atoms with Crippen LogP contribution >= 0.6 is 0 Å². The number of rotatable bonds is 6. The lowest BCUT2D eigenvalue weighted by molar-refractivity contribution is -0.115. The van der Waals surface area contributed by atoms with Crippen molar-refractivity contribution in [2.24, 2.45) is 0 Å². The number of methoxy groups -OCH3 is 1. The van der Waals surface area contributed by atoms with Gasteiger partial charge in [-0.25, -0.2) is 22.9 Å². The highest BCUT2D eigenvalue weighted by Crippen LogP contribution is 2.16. The molecule has 0 spiro atoms. The summed E-state index contributed by atoms with van der Waals surface area (Å²) < 4.78 is 31.3. The van der Waals surface area contributed by atoms with Gasteiger partial charge in [0.1, 0.15) is 5.82 Å². The molecule has 1 aromatic carbocycles. The number of benzene rings is 1. The molecule has 0 aliphatic carbocycles. The monoisotopic (exact) mass is 349 g/mol.